The highest BCUT2D eigenvalue weighted by Crippen LogP contribution is 2.18. The third-order valence-corrected chi connectivity index (χ3v) is 4.15. The van der Waals surface area contributed by atoms with Crippen molar-refractivity contribution in [2.24, 2.45) is 0 Å². The van der Waals surface area contributed by atoms with Crippen LogP contribution in [0.1, 0.15) is 11.1 Å². The highest BCUT2D eigenvalue weighted by atomic mass is 32.1. The Morgan fingerprint density at radius 2 is 1.43 bits per heavy atom. The maximum absolute atomic E-state index is 12.0. The number of thiocarbonyl (C=S) groups is 1. The van der Waals surface area contributed by atoms with Gasteiger partial charge < -0.3 is 10.6 Å². The van der Waals surface area contributed by atoms with E-state index in [1.165, 1.54) is 11.6 Å². The van der Waals surface area contributed by atoms with Gasteiger partial charge in [0.05, 0.1) is 0 Å². The molecule has 140 valence electrons. The summed E-state index contributed by atoms with van der Waals surface area (Å²) in [5, 5.41) is 9.22. The third-order valence-electron chi connectivity index (χ3n) is 3.95. The number of carbonyl (C=O) groups is 1. The second-order valence-corrected chi connectivity index (χ2v) is 6.66. The molecule has 0 unspecified atom stereocenters. The fraction of sp³-hybridized carbons (Fsp3) is 0.0435. The van der Waals surface area contributed by atoms with E-state index in [-0.39, 0.29) is 11.0 Å². The minimum absolute atomic E-state index is 0.252. The van der Waals surface area contributed by atoms with Crippen LogP contribution in [0.25, 0.3) is 6.08 Å². The molecular formula is C23H21N3OS. The number of anilines is 3. The van der Waals surface area contributed by atoms with Crippen molar-refractivity contribution in [1.29, 1.82) is 0 Å². The molecule has 28 heavy (non-hydrogen) atoms. The topological polar surface area (TPSA) is 53.2 Å². The molecule has 3 rings (SSSR count). The number of benzene rings is 3. The van der Waals surface area contributed by atoms with Gasteiger partial charge in [0.1, 0.15) is 0 Å². The van der Waals surface area contributed by atoms with Crippen LogP contribution in [0.15, 0.2) is 84.9 Å². The molecule has 0 aliphatic carbocycles. The number of hydrogen-bond donors (Lipinski definition) is 3. The predicted octanol–water partition coefficient (Wildman–Crippen LogP) is 5.27. The molecule has 3 N–H and O–H groups in total. The summed E-state index contributed by atoms with van der Waals surface area (Å²) in [5.41, 5.74) is 4.92. The fourth-order valence-electron chi connectivity index (χ4n) is 2.49. The Kier molecular flexibility index (Phi) is 6.54. The molecule has 0 aromatic heterocycles. The van der Waals surface area contributed by atoms with Gasteiger partial charge in [0.25, 0.3) is 0 Å². The summed E-state index contributed by atoms with van der Waals surface area (Å²) in [6.07, 6.45) is 3.22. The van der Waals surface area contributed by atoms with Gasteiger partial charge in [0.2, 0.25) is 5.91 Å². The van der Waals surface area contributed by atoms with Crippen molar-refractivity contribution in [3.8, 4) is 0 Å². The van der Waals surface area contributed by atoms with Crippen molar-refractivity contribution in [2.75, 3.05) is 10.6 Å². The number of para-hydroxylation sites is 1. The van der Waals surface area contributed by atoms with Gasteiger partial charge in [0.15, 0.2) is 5.11 Å². The Morgan fingerprint density at radius 1 is 0.821 bits per heavy atom. The molecular weight excluding hydrogens is 366 g/mol. The third kappa shape index (κ3) is 6.07. The first-order valence-corrected chi connectivity index (χ1v) is 9.28. The van der Waals surface area contributed by atoms with Gasteiger partial charge in [-0.05, 0) is 67.2 Å². The lowest BCUT2D eigenvalue weighted by atomic mass is 10.1. The van der Waals surface area contributed by atoms with Gasteiger partial charge in [-0.1, -0.05) is 48.0 Å². The minimum Gasteiger partial charge on any atom is -0.356 e. The van der Waals surface area contributed by atoms with Gasteiger partial charge in [0, 0.05) is 23.1 Å². The lowest BCUT2D eigenvalue weighted by molar-refractivity contribution is -0.115. The lowest BCUT2D eigenvalue weighted by Crippen LogP contribution is -2.32. The molecule has 0 radical (unpaired) electrons. The van der Waals surface area contributed by atoms with Crippen LogP contribution < -0.4 is 16.0 Å². The quantitative estimate of drug-likeness (QED) is 0.413. The van der Waals surface area contributed by atoms with Crippen LogP contribution in [0.4, 0.5) is 17.1 Å². The molecule has 0 saturated heterocycles. The van der Waals surface area contributed by atoms with Crippen LogP contribution in [0.5, 0.6) is 0 Å². The number of aryl methyl sites for hydroxylation is 1. The minimum atomic E-state index is -0.277. The van der Waals surface area contributed by atoms with Crippen LogP contribution in [-0.2, 0) is 4.79 Å². The molecule has 5 heteroatoms. The van der Waals surface area contributed by atoms with Crippen molar-refractivity contribution in [1.82, 2.24) is 5.32 Å². The number of carbonyl (C=O) groups excluding carboxylic acids is 1. The van der Waals surface area contributed by atoms with Crippen LogP contribution in [0.2, 0.25) is 0 Å². The van der Waals surface area contributed by atoms with E-state index in [1.54, 1.807) is 6.08 Å². The Bertz CT molecular complexity index is 965. The van der Waals surface area contributed by atoms with Gasteiger partial charge in [-0.25, -0.2) is 0 Å². The zero-order chi connectivity index (χ0) is 19.8. The first kappa shape index (κ1) is 19.3. The molecule has 0 atom stereocenters. The Labute approximate surface area is 170 Å². The SMILES string of the molecule is Cc1ccc(/C=C/C(=O)NC(=S)Nc2ccc(Nc3ccccc3)cc2)cc1. The smallest absolute Gasteiger partial charge is 0.250 e. The van der Waals surface area contributed by atoms with Crippen molar-refractivity contribution in [2.45, 2.75) is 6.92 Å². The highest BCUT2D eigenvalue weighted by molar-refractivity contribution is 7.80. The second kappa shape index (κ2) is 9.48. The van der Waals surface area contributed by atoms with E-state index < -0.39 is 0 Å². The van der Waals surface area contributed by atoms with E-state index in [9.17, 15) is 4.79 Å². The maximum atomic E-state index is 12.0. The molecule has 0 aliphatic heterocycles. The maximum Gasteiger partial charge on any atom is 0.250 e. The Balaban J connectivity index is 1.50. The van der Waals surface area contributed by atoms with E-state index in [2.05, 4.69) is 16.0 Å². The molecule has 3 aromatic carbocycles. The lowest BCUT2D eigenvalue weighted by Gasteiger charge is -2.10. The molecule has 3 aromatic rings. The summed E-state index contributed by atoms with van der Waals surface area (Å²) in [7, 11) is 0. The zero-order valence-electron chi connectivity index (χ0n) is 15.5. The van der Waals surface area contributed by atoms with Crippen molar-refractivity contribution in [3.05, 3.63) is 96.1 Å². The van der Waals surface area contributed by atoms with Gasteiger partial charge in [-0.15, -0.1) is 0 Å². The molecule has 0 aliphatic rings. The number of amides is 1. The van der Waals surface area contributed by atoms with Gasteiger partial charge in [-0.2, -0.15) is 0 Å². The molecule has 0 heterocycles. The summed E-state index contributed by atoms with van der Waals surface area (Å²) in [4.78, 5) is 12.0. The van der Waals surface area contributed by atoms with Crippen LogP contribution in [-0.4, -0.2) is 11.0 Å². The molecule has 1 amide bonds. The van der Waals surface area contributed by atoms with Crippen LogP contribution in [0, 0.1) is 6.92 Å². The van der Waals surface area contributed by atoms with Crippen molar-refractivity contribution >= 4 is 46.4 Å². The van der Waals surface area contributed by atoms with Crippen molar-refractivity contribution < 1.29 is 4.79 Å². The highest BCUT2D eigenvalue weighted by Gasteiger charge is 2.02. The monoisotopic (exact) mass is 387 g/mol. The Hall–Kier alpha value is -3.44. The number of nitrogens with one attached hydrogen (secondary N) is 3. The zero-order valence-corrected chi connectivity index (χ0v) is 16.3. The molecule has 0 spiro atoms. The summed E-state index contributed by atoms with van der Waals surface area (Å²) >= 11 is 5.21. The van der Waals surface area contributed by atoms with Gasteiger partial charge in [-0.3, -0.25) is 10.1 Å². The van der Waals surface area contributed by atoms with E-state index in [0.717, 1.165) is 22.6 Å². The van der Waals surface area contributed by atoms with E-state index >= 15 is 0 Å². The Morgan fingerprint density at radius 3 is 2.11 bits per heavy atom. The van der Waals surface area contributed by atoms with E-state index in [1.807, 2.05) is 85.8 Å². The molecule has 4 nitrogen and oxygen atoms in total. The first-order chi connectivity index (χ1) is 13.6. The molecule has 0 saturated carbocycles. The average Bonchev–Trinajstić information content (AvgIpc) is 2.70. The summed E-state index contributed by atoms with van der Waals surface area (Å²) in [5.74, 6) is -0.277. The number of hydrogen-bond acceptors (Lipinski definition) is 3. The number of rotatable bonds is 5. The average molecular weight is 388 g/mol. The first-order valence-electron chi connectivity index (χ1n) is 8.87. The standard InChI is InChI=1S/C23H21N3OS/c1-17-7-9-18(10-8-17)11-16-22(27)26-23(28)25-21-14-12-20(13-15-21)24-19-5-3-2-4-6-19/h2-16,24H,1H3,(H2,25,26,27,28)/b16-11+. The summed E-state index contributed by atoms with van der Waals surface area (Å²) in [6, 6.07) is 25.5. The fourth-order valence-corrected chi connectivity index (χ4v) is 2.71. The van der Waals surface area contributed by atoms with Gasteiger partial charge >= 0.3 is 0 Å². The molecule has 0 fully saturated rings. The van der Waals surface area contributed by atoms with Crippen LogP contribution >= 0.6 is 12.2 Å². The normalized spacial score (nSPS) is 10.5. The van der Waals surface area contributed by atoms with E-state index in [4.69, 9.17) is 12.2 Å². The van der Waals surface area contributed by atoms with Crippen LogP contribution in [0.3, 0.4) is 0 Å². The summed E-state index contributed by atoms with van der Waals surface area (Å²) < 4.78 is 0. The van der Waals surface area contributed by atoms with E-state index in [0.29, 0.717) is 0 Å². The largest absolute Gasteiger partial charge is 0.356 e. The van der Waals surface area contributed by atoms with Crippen molar-refractivity contribution in [3.63, 3.8) is 0 Å². The predicted molar refractivity (Wildman–Crippen MR) is 121 cm³/mol. The summed E-state index contributed by atoms with van der Waals surface area (Å²) in [6.45, 7) is 2.02. The molecule has 0 bridgehead atoms. The second-order valence-electron chi connectivity index (χ2n) is 6.26.